The molecule has 0 aliphatic rings. The third-order valence-electron chi connectivity index (χ3n) is 3.80. The summed E-state index contributed by atoms with van der Waals surface area (Å²) in [6.07, 6.45) is 1.76. The van der Waals surface area contributed by atoms with Gasteiger partial charge in [0.25, 0.3) is 0 Å². The van der Waals surface area contributed by atoms with Gasteiger partial charge in [-0.15, -0.1) is 0 Å². The van der Waals surface area contributed by atoms with Gasteiger partial charge in [0.2, 0.25) is 0 Å². The van der Waals surface area contributed by atoms with Crippen molar-refractivity contribution in [2.24, 2.45) is 0 Å². The number of aromatic nitrogens is 5. The summed E-state index contributed by atoms with van der Waals surface area (Å²) in [4.78, 5) is 13.4. The van der Waals surface area contributed by atoms with Crippen LogP contribution in [-0.2, 0) is 6.54 Å². The smallest absolute Gasteiger partial charge is 0.158 e. The van der Waals surface area contributed by atoms with Crippen molar-refractivity contribution in [2.45, 2.75) is 39.8 Å². The number of aliphatic hydroxyl groups is 1. The van der Waals surface area contributed by atoms with E-state index in [1.165, 1.54) is 6.33 Å². The van der Waals surface area contributed by atoms with Crippen LogP contribution in [0.3, 0.4) is 0 Å². The van der Waals surface area contributed by atoms with Crippen molar-refractivity contribution in [3.63, 3.8) is 0 Å². The molecule has 22 heavy (non-hydrogen) atoms. The number of aliphatic hydroxyl groups excluding tert-OH is 1. The van der Waals surface area contributed by atoms with Crippen LogP contribution in [0.4, 0.5) is 0 Å². The lowest BCUT2D eigenvalue weighted by atomic mass is 10.1. The molecule has 1 aromatic carbocycles. The number of hydrogen-bond acceptors (Lipinski definition) is 5. The second kappa shape index (κ2) is 5.81. The van der Waals surface area contributed by atoms with E-state index >= 15 is 0 Å². The van der Waals surface area contributed by atoms with Gasteiger partial charge in [0.1, 0.15) is 6.33 Å². The van der Waals surface area contributed by atoms with Crippen LogP contribution < -0.4 is 0 Å². The molecule has 2 heterocycles. The van der Waals surface area contributed by atoms with Crippen molar-refractivity contribution in [3.8, 4) is 11.4 Å². The molecule has 6 heteroatoms. The number of nitrogens with zero attached hydrogens (tertiary/aromatic N) is 5. The van der Waals surface area contributed by atoms with Crippen LogP contribution >= 0.6 is 0 Å². The molecule has 0 saturated carbocycles. The summed E-state index contributed by atoms with van der Waals surface area (Å²) in [5.41, 5.74) is 4.49. The van der Waals surface area contributed by atoms with Crippen LogP contribution in [0.25, 0.3) is 22.4 Å². The number of rotatable bonds is 4. The lowest BCUT2D eigenvalue weighted by Crippen LogP contribution is -2.16. The number of aryl methyl sites for hydroxylation is 2. The van der Waals surface area contributed by atoms with Gasteiger partial charge < -0.3 is 5.11 Å². The Kier molecular flexibility index (Phi) is 3.85. The van der Waals surface area contributed by atoms with E-state index in [0.717, 1.165) is 33.8 Å². The Morgan fingerprint density at radius 1 is 1.14 bits per heavy atom. The van der Waals surface area contributed by atoms with Crippen molar-refractivity contribution in [1.29, 1.82) is 0 Å². The predicted molar refractivity (Wildman–Crippen MR) is 84.3 cm³/mol. The first-order valence-corrected chi connectivity index (χ1v) is 7.39. The topological polar surface area (TPSA) is 76.7 Å². The maximum atomic E-state index is 9.83. The predicted octanol–water partition coefficient (Wildman–Crippen LogP) is 2.28. The lowest BCUT2D eigenvalue weighted by Gasteiger charge is -2.10. The molecular weight excluding hydrogens is 278 g/mol. The third-order valence-corrected chi connectivity index (χ3v) is 3.80. The molecule has 3 aromatic rings. The van der Waals surface area contributed by atoms with Gasteiger partial charge in [-0.1, -0.05) is 6.92 Å². The zero-order chi connectivity index (χ0) is 15.7. The van der Waals surface area contributed by atoms with E-state index in [1.807, 2.05) is 39.0 Å². The van der Waals surface area contributed by atoms with E-state index < -0.39 is 6.10 Å². The highest BCUT2D eigenvalue weighted by Crippen LogP contribution is 2.22. The lowest BCUT2D eigenvalue weighted by molar-refractivity contribution is 0.146. The average Bonchev–Trinajstić information content (AvgIpc) is 2.96. The van der Waals surface area contributed by atoms with Gasteiger partial charge in [-0.05, 0) is 38.5 Å². The molecule has 0 aliphatic carbocycles. The van der Waals surface area contributed by atoms with Crippen LogP contribution in [0.2, 0.25) is 0 Å². The molecule has 0 spiro atoms. The standard InChI is InChI=1S/C16H19N5O/c1-4-13(22)8-21-16(17-9-18-21)12-5-6-14-15(7-12)20-11(3)10(2)19-14/h5-7,9,13,22H,4,8H2,1-3H3/t13-/m1/s1. The molecule has 3 rings (SSSR count). The van der Waals surface area contributed by atoms with Crippen molar-refractivity contribution in [2.75, 3.05) is 0 Å². The van der Waals surface area contributed by atoms with E-state index in [9.17, 15) is 5.11 Å². The fourth-order valence-electron chi connectivity index (χ4n) is 2.32. The summed E-state index contributed by atoms with van der Waals surface area (Å²) < 4.78 is 1.73. The van der Waals surface area contributed by atoms with Crippen LogP contribution in [-0.4, -0.2) is 35.9 Å². The zero-order valence-corrected chi connectivity index (χ0v) is 13.0. The quantitative estimate of drug-likeness (QED) is 0.799. The Bertz CT molecular complexity index is 811. The van der Waals surface area contributed by atoms with Crippen molar-refractivity contribution >= 4 is 11.0 Å². The zero-order valence-electron chi connectivity index (χ0n) is 13.0. The van der Waals surface area contributed by atoms with E-state index in [-0.39, 0.29) is 0 Å². The van der Waals surface area contributed by atoms with Crippen molar-refractivity contribution in [3.05, 3.63) is 35.9 Å². The molecule has 0 fully saturated rings. The highest BCUT2D eigenvalue weighted by molar-refractivity contribution is 5.80. The summed E-state index contributed by atoms with van der Waals surface area (Å²) in [5.74, 6) is 0.731. The Labute approximate surface area is 128 Å². The van der Waals surface area contributed by atoms with Crippen LogP contribution in [0.15, 0.2) is 24.5 Å². The Morgan fingerprint density at radius 2 is 1.86 bits per heavy atom. The highest BCUT2D eigenvalue weighted by atomic mass is 16.3. The maximum absolute atomic E-state index is 9.83. The van der Waals surface area contributed by atoms with Crippen LogP contribution in [0.1, 0.15) is 24.7 Å². The van der Waals surface area contributed by atoms with Gasteiger partial charge in [-0.3, -0.25) is 0 Å². The Morgan fingerprint density at radius 3 is 2.59 bits per heavy atom. The van der Waals surface area contributed by atoms with Gasteiger partial charge >= 0.3 is 0 Å². The third kappa shape index (κ3) is 2.69. The molecule has 0 saturated heterocycles. The molecule has 0 aliphatic heterocycles. The SMILES string of the molecule is CC[C@@H](O)Cn1ncnc1-c1ccc2nc(C)c(C)nc2c1. The molecule has 114 valence electrons. The van der Waals surface area contributed by atoms with Crippen molar-refractivity contribution < 1.29 is 5.11 Å². The molecule has 1 N–H and O–H groups in total. The fraction of sp³-hybridized carbons (Fsp3) is 0.375. The second-order valence-electron chi connectivity index (χ2n) is 5.43. The minimum Gasteiger partial charge on any atom is -0.391 e. The fourth-order valence-corrected chi connectivity index (χ4v) is 2.32. The summed E-state index contributed by atoms with van der Waals surface area (Å²) in [7, 11) is 0. The van der Waals surface area contributed by atoms with E-state index in [4.69, 9.17) is 0 Å². The van der Waals surface area contributed by atoms with Gasteiger partial charge in [0.15, 0.2) is 5.82 Å². The molecule has 0 amide bonds. The van der Waals surface area contributed by atoms with E-state index in [2.05, 4.69) is 20.1 Å². The van der Waals surface area contributed by atoms with Crippen LogP contribution in [0.5, 0.6) is 0 Å². The largest absolute Gasteiger partial charge is 0.391 e. The molecule has 2 aromatic heterocycles. The monoisotopic (exact) mass is 297 g/mol. The Balaban J connectivity index is 2.04. The molecule has 6 nitrogen and oxygen atoms in total. The number of hydrogen-bond donors (Lipinski definition) is 1. The molecule has 1 atom stereocenters. The van der Waals surface area contributed by atoms with Gasteiger partial charge in [0.05, 0.1) is 35.1 Å². The average molecular weight is 297 g/mol. The molecule has 0 radical (unpaired) electrons. The number of fused-ring (bicyclic) bond motifs is 1. The molecular formula is C16H19N5O. The summed E-state index contributed by atoms with van der Waals surface area (Å²) >= 11 is 0. The van der Waals surface area contributed by atoms with E-state index in [1.54, 1.807) is 4.68 Å². The first-order valence-electron chi connectivity index (χ1n) is 7.39. The molecule has 0 unspecified atom stereocenters. The van der Waals surface area contributed by atoms with Crippen LogP contribution in [0, 0.1) is 13.8 Å². The summed E-state index contributed by atoms with van der Waals surface area (Å²) in [5, 5.41) is 14.0. The highest BCUT2D eigenvalue weighted by Gasteiger charge is 2.12. The maximum Gasteiger partial charge on any atom is 0.158 e. The van der Waals surface area contributed by atoms with Gasteiger partial charge in [-0.2, -0.15) is 5.10 Å². The first-order chi connectivity index (χ1) is 10.6. The summed E-state index contributed by atoms with van der Waals surface area (Å²) in [6.45, 7) is 6.29. The van der Waals surface area contributed by atoms with Gasteiger partial charge in [0, 0.05) is 5.56 Å². The normalized spacial score (nSPS) is 12.7. The Hall–Kier alpha value is -2.34. The number of benzene rings is 1. The van der Waals surface area contributed by atoms with Gasteiger partial charge in [-0.25, -0.2) is 19.6 Å². The minimum absolute atomic E-state index is 0.425. The first kappa shape index (κ1) is 14.6. The minimum atomic E-state index is -0.425. The molecule has 0 bridgehead atoms. The van der Waals surface area contributed by atoms with Crippen molar-refractivity contribution in [1.82, 2.24) is 24.7 Å². The van der Waals surface area contributed by atoms with E-state index in [0.29, 0.717) is 13.0 Å². The summed E-state index contributed by atoms with van der Waals surface area (Å²) in [6, 6.07) is 5.87. The second-order valence-corrected chi connectivity index (χ2v) is 5.43.